The van der Waals surface area contributed by atoms with Crippen molar-refractivity contribution in [3.63, 3.8) is 0 Å². The zero-order valence-electron chi connectivity index (χ0n) is 16.4. The molecule has 0 aliphatic rings. The first-order valence-corrected chi connectivity index (χ1v) is 11.3. The molecule has 0 atom stereocenters. The van der Waals surface area contributed by atoms with E-state index in [2.05, 4.69) is 5.32 Å². The number of aryl methyl sites for hydroxylation is 2. The zero-order chi connectivity index (χ0) is 21.9. The summed E-state index contributed by atoms with van der Waals surface area (Å²) in [5.74, 6) is -0.515. The van der Waals surface area contributed by atoms with Gasteiger partial charge in [0, 0.05) is 5.02 Å². The molecule has 30 heavy (non-hydrogen) atoms. The maximum atomic E-state index is 13.4. The van der Waals surface area contributed by atoms with E-state index in [9.17, 15) is 13.2 Å². The first kappa shape index (κ1) is 22.2. The summed E-state index contributed by atoms with van der Waals surface area (Å²) in [7, 11) is -4.02. The topological polar surface area (TPSA) is 66.5 Å². The van der Waals surface area contributed by atoms with Crippen LogP contribution in [0.25, 0.3) is 0 Å². The van der Waals surface area contributed by atoms with Gasteiger partial charge in [-0.25, -0.2) is 8.42 Å². The van der Waals surface area contributed by atoms with Crippen molar-refractivity contribution >= 4 is 50.5 Å². The molecule has 3 aromatic carbocycles. The van der Waals surface area contributed by atoms with Gasteiger partial charge in [0.1, 0.15) is 6.54 Å². The number of sulfonamides is 1. The Morgan fingerprint density at radius 1 is 0.933 bits per heavy atom. The number of anilines is 2. The number of carbonyl (C=O) groups is 1. The van der Waals surface area contributed by atoms with E-state index in [1.54, 1.807) is 36.4 Å². The second kappa shape index (κ2) is 9.08. The van der Waals surface area contributed by atoms with Gasteiger partial charge >= 0.3 is 0 Å². The third-order valence-corrected chi connectivity index (χ3v) is 6.98. The molecule has 5 nitrogen and oxygen atoms in total. The molecule has 0 fully saturated rings. The molecule has 0 saturated heterocycles. The van der Waals surface area contributed by atoms with Gasteiger partial charge in [-0.1, -0.05) is 41.4 Å². The molecular weight excluding hydrogens is 443 g/mol. The Morgan fingerprint density at radius 2 is 1.60 bits per heavy atom. The van der Waals surface area contributed by atoms with Gasteiger partial charge in [-0.3, -0.25) is 9.10 Å². The van der Waals surface area contributed by atoms with Gasteiger partial charge in [-0.2, -0.15) is 0 Å². The minimum Gasteiger partial charge on any atom is -0.323 e. The number of rotatable bonds is 6. The van der Waals surface area contributed by atoms with E-state index in [0.717, 1.165) is 15.4 Å². The van der Waals surface area contributed by atoms with Gasteiger partial charge < -0.3 is 5.32 Å². The molecule has 0 unspecified atom stereocenters. The van der Waals surface area contributed by atoms with Crippen LogP contribution in [-0.2, 0) is 14.8 Å². The Kier molecular flexibility index (Phi) is 6.71. The molecule has 0 aliphatic heterocycles. The molecule has 1 N–H and O–H groups in total. The van der Waals surface area contributed by atoms with Gasteiger partial charge in [0.15, 0.2) is 0 Å². The third kappa shape index (κ3) is 4.95. The number of para-hydroxylation sites is 1. The van der Waals surface area contributed by atoms with Crippen LogP contribution in [0.15, 0.2) is 71.6 Å². The molecule has 156 valence electrons. The predicted molar refractivity (Wildman–Crippen MR) is 122 cm³/mol. The van der Waals surface area contributed by atoms with Crippen LogP contribution in [-0.4, -0.2) is 20.9 Å². The van der Waals surface area contributed by atoms with Crippen molar-refractivity contribution in [1.82, 2.24) is 0 Å². The van der Waals surface area contributed by atoms with Crippen LogP contribution in [0.1, 0.15) is 11.1 Å². The lowest BCUT2D eigenvalue weighted by molar-refractivity contribution is -0.114. The molecule has 1 amide bonds. The Labute approximate surface area is 186 Å². The summed E-state index contributed by atoms with van der Waals surface area (Å²) in [6.07, 6.45) is 0. The van der Waals surface area contributed by atoms with Gasteiger partial charge in [-0.15, -0.1) is 0 Å². The van der Waals surface area contributed by atoms with Crippen LogP contribution >= 0.6 is 23.2 Å². The Bertz CT molecular complexity index is 1180. The summed E-state index contributed by atoms with van der Waals surface area (Å²) in [5.41, 5.74) is 2.73. The highest BCUT2D eigenvalue weighted by Gasteiger charge is 2.27. The summed E-state index contributed by atoms with van der Waals surface area (Å²) in [5, 5.41) is 3.46. The van der Waals surface area contributed by atoms with Gasteiger partial charge in [0.05, 0.1) is 21.3 Å². The van der Waals surface area contributed by atoms with Crippen LogP contribution in [0.2, 0.25) is 10.0 Å². The second-order valence-electron chi connectivity index (χ2n) is 6.76. The molecule has 0 aromatic heterocycles. The van der Waals surface area contributed by atoms with Crippen LogP contribution in [0.4, 0.5) is 11.4 Å². The Balaban J connectivity index is 1.99. The summed E-state index contributed by atoms with van der Waals surface area (Å²) in [6, 6.07) is 17.8. The molecule has 3 aromatic rings. The van der Waals surface area contributed by atoms with Crippen LogP contribution < -0.4 is 9.62 Å². The fourth-order valence-corrected chi connectivity index (χ4v) is 4.53. The molecular formula is C22H20Cl2N2O3S. The average molecular weight is 463 g/mol. The zero-order valence-corrected chi connectivity index (χ0v) is 18.7. The Morgan fingerprint density at radius 3 is 2.23 bits per heavy atom. The molecule has 8 heteroatoms. The minimum absolute atomic E-state index is 0.0377. The van der Waals surface area contributed by atoms with Crippen LogP contribution in [0.5, 0.6) is 0 Å². The number of benzene rings is 3. The first-order chi connectivity index (χ1) is 14.2. The maximum Gasteiger partial charge on any atom is 0.264 e. The number of carbonyl (C=O) groups excluding carboxylic acids is 1. The molecule has 0 heterocycles. The standard InChI is InChI=1S/C22H20Cl2N2O3S/c1-15-7-10-18(13-16(15)2)26(30(28,29)19-11-8-17(23)9-12-19)14-22(27)25-21-6-4-3-5-20(21)24/h3-13H,14H2,1-2H3,(H,25,27). The number of nitrogens with one attached hydrogen (secondary N) is 1. The smallest absolute Gasteiger partial charge is 0.264 e. The largest absolute Gasteiger partial charge is 0.323 e. The van der Waals surface area contributed by atoms with E-state index in [1.807, 2.05) is 19.9 Å². The average Bonchev–Trinajstić information content (AvgIpc) is 2.70. The van der Waals surface area contributed by atoms with Crippen molar-refractivity contribution in [3.8, 4) is 0 Å². The van der Waals surface area contributed by atoms with Gasteiger partial charge in [-0.05, 0) is 73.5 Å². The van der Waals surface area contributed by atoms with Crippen LogP contribution in [0, 0.1) is 13.8 Å². The van der Waals surface area contributed by atoms with Crippen molar-refractivity contribution in [1.29, 1.82) is 0 Å². The number of hydrogen-bond donors (Lipinski definition) is 1. The molecule has 0 radical (unpaired) electrons. The lowest BCUT2D eigenvalue weighted by atomic mass is 10.1. The summed E-state index contributed by atoms with van der Waals surface area (Å²) in [4.78, 5) is 12.8. The molecule has 0 bridgehead atoms. The lowest BCUT2D eigenvalue weighted by Crippen LogP contribution is -2.38. The maximum absolute atomic E-state index is 13.4. The predicted octanol–water partition coefficient (Wildman–Crippen LogP) is 5.44. The number of nitrogens with zero attached hydrogens (tertiary/aromatic N) is 1. The van der Waals surface area contributed by atoms with Gasteiger partial charge in [0.25, 0.3) is 10.0 Å². The third-order valence-electron chi connectivity index (χ3n) is 4.62. The highest BCUT2D eigenvalue weighted by atomic mass is 35.5. The van der Waals surface area contributed by atoms with E-state index in [4.69, 9.17) is 23.2 Å². The number of halogens is 2. The van der Waals surface area contributed by atoms with E-state index in [-0.39, 0.29) is 4.90 Å². The number of amides is 1. The van der Waals surface area contributed by atoms with Crippen molar-refractivity contribution in [2.45, 2.75) is 18.7 Å². The van der Waals surface area contributed by atoms with Crippen molar-refractivity contribution < 1.29 is 13.2 Å². The SMILES string of the molecule is Cc1ccc(N(CC(=O)Nc2ccccc2Cl)S(=O)(=O)c2ccc(Cl)cc2)cc1C. The summed E-state index contributed by atoms with van der Waals surface area (Å²) < 4.78 is 27.8. The molecule has 3 rings (SSSR count). The van der Waals surface area contributed by atoms with E-state index < -0.39 is 22.5 Å². The number of hydrogen-bond acceptors (Lipinski definition) is 3. The highest BCUT2D eigenvalue weighted by Crippen LogP contribution is 2.27. The second-order valence-corrected chi connectivity index (χ2v) is 9.47. The molecule has 0 aliphatic carbocycles. The molecule has 0 spiro atoms. The van der Waals surface area contributed by atoms with Crippen molar-refractivity contribution in [3.05, 3.63) is 87.9 Å². The normalized spacial score (nSPS) is 11.2. The quantitative estimate of drug-likeness (QED) is 0.529. The van der Waals surface area contributed by atoms with E-state index in [0.29, 0.717) is 21.4 Å². The Hall–Kier alpha value is -2.54. The van der Waals surface area contributed by atoms with Crippen LogP contribution in [0.3, 0.4) is 0 Å². The van der Waals surface area contributed by atoms with E-state index in [1.165, 1.54) is 24.3 Å². The van der Waals surface area contributed by atoms with Gasteiger partial charge in [0.2, 0.25) is 5.91 Å². The monoisotopic (exact) mass is 462 g/mol. The fraction of sp³-hybridized carbons (Fsp3) is 0.136. The van der Waals surface area contributed by atoms with Crippen molar-refractivity contribution in [2.24, 2.45) is 0 Å². The summed E-state index contributed by atoms with van der Waals surface area (Å²) in [6.45, 7) is 3.40. The minimum atomic E-state index is -4.02. The molecule has 0 saturated carbocycles. The fourth-order valence-electron chi connectivity index (χ4n) is 2.81. The lowest BCUT2D eigenvalue weighted by Gasteiger charge is -2.25. The highest BCUT2D eigenvalue weighted by molar-refractivity contribution is 7.92. The summed E-state index contributed by atoms with van der Waals surface area (Å²) >= 11 is 12.0. The van der Waals surface area contributed by atoms with Crippen molar-refractivity contribution in [2.75, 3.05) is 16.2 Å². The van der Waals surface area contributed by atoms with E-state index >= 15 is 0 Å². The first-order valence-electron chi connectivity index (χ1n) is 9.08.